The topological polar surface area (TPSA) is 58.2 Å². The number of hydrogen-bond donors (Lipinski definition) is 2. The van der Waals surface area contributed by atoms with Crippen molar-refractivity contribution >= 4 is 29.3 Å². The average Bonchev–Trinajstić information content (AvgIpc) is 3.10. The molecule has 2 aliphatic carbocycles. The van der Waals surface area contributed by atoms with Crippen LogP contribution in [0.3, 0.4) is 0 Å². The molecule has 0 spiro atoms. The first-order valence-electron chi connectivity index (χ1n) is 9.44. The fourth-order valence-electron chi connectivity index (χ4n) is 3.97. The summed E-state index contributed by atoms with van der Waals surface area (Å²) in [6.07, 6.45) is 9.82. The van der Waals surface area contributed by atoms with Crippen LogP contribution in [0.2, 0.25) is 0 Å². The van der Waals surface area contributed by atoms with Crippen LogP contribution in [0.4, 0.5) is 5.69 Å². The minimum Gasteiger partial charge on any atom is -0.342 e. The first kappa shape index (κ1) is 18.3. The monoisotopic (exact) mass is 360 g/mol. The van der Waals surface area contributed by atoms with Crippen molar-refractivity contribution in [3.05, 3.63) is 24.3 Å². The van der Waals surface area contributed by atoms with E-state index in [-0.39, 0.29) is 11.8 Å². The van der Waals surface area contributed by atoms with Crippen LogP contribution >= 0.6 is 11.8 Å². The molecule has 1 aromatic rings. The molecule has 2 saturated carbocycles. The summed E-state index contributed by atoms with van der Waals surface area (Å²) in [5.74, 6) is -0.223. The molecule has 0 heterocycles. The number of carbonyl (C=O) groups is 2. The Morgan fingerprint density at radius 2 is 1.64 bits per heavy atom. The first-order valence-corrected chi connectivity index (χ1v) is 10.3. The molecule has 0 unspecified atom stereocenters. The lowest BCUT2D eigenvalue weighted by molar-refractivity contribution is -0.130. The molecule has 0 atom stereocenters. The molecular formula is C20H28N2O2S. The zero-order valence-electron chi connectivity index (χ0n) is 15.0. The number of nitrogens with one attached hydrogen (secondary N) is 2. The van der Waals surface area contributed by atoms with E-state index in [0.29, 0.717) is 12.8 Å². The second kappa shape index (κ2) is 8.26. The lowest BCUT2D eigenvalue weighted by atomic mass is 9.80. The maximum Gasteiger partial charge on any atom is 0.250 e. The van der Waals surface area contributed by atoms with E-state index in [0.717, 1.165) is 30.2 Å². The molecule has 3 rings (SSSR count). The van der Waals surface area contributed by atoms with Gasteiger partial charge in [0, 0.05) is 22.8 Å². The molecule has 2 fully saturated rings. The van der Waals surface area contributed by atoms with E-state index in [1.54, 1.807) is 0 Å². The standard InChI is InChI=1S/C20H28N2O2S/c1-15(23)22-20(13-5-2-6-14-20)19(24)21-16-9-11-18(12-10-16)25-17-7-3-4-8-17/h9-12,17H,2-8,13-14H2,1H3,(H,21,24)(H,22,23). The molecule has 0 radical (unpaired) electrons. The second-order valence-corrected chi connectivity index (χ2v) is 8.70. The normalized spacial score (nSPS) is 20.2. The highest BCUT2D eigenvalue weighted by atomic mass is 32.2. The van der Waals surface area contributed by atoms with Gasteiger partial charge < -0.3 is 10.6 Å². The number of thioether (sulfide) groups is 1. The molecule has 25 heavy (non-hydrogen) atoms. The van der Waals surface area contributed by atoms with Crippen molar-refractivity contribution in [1.29, 1.82) is 0 Å². The van der Waals surface area contributed by atoms with E-state index in [4.69, 9.17) is 0 Å². The van der Waals surface area contributed by atoms with Crippen LogP contribution in [0.1, 0.15) is 64.7 Å². The Kier molecular flexibility index (Phi) is 6.05. The van der Waals surface area contributed by atoms with Gasteiger partial charge >= 0.3 is 0 Å². The highest BCUT2D eigenvalue weighted by molar-refractivity contribution is 8.00. The van der Waals surface area contributed by atoms with Gasteiger partial charge in [0.2, 0.25) is 11.8 Å². The summed E-state index contributed by atoms with van der Waals surface area (Å²) in [5.41, 5.74) is 0.0533. The Bertz CT molecular complexity index is 603. The average molecular weight is 361 g/mol. The third kappa shape index (κ3) is 4.78. The van der Waals surface area contributed by atoms with Gasteiger partial charge in [0.05, 0.1) is 0 Å². The molecule has 2 amide bonds. The molecular weight excluding hydrogens is 332 g/mol. The number of amides is 2. The van der Waals surface area contributed by atoms with Gasteiger partial charge in [0.15, 0.2) is 0 Å². The lowest BCUT2D eigenvalue weighted by Gasteiger charge is -2.36. The summed E-state index contributed by atoms with van der Waals surface area (Å²) < 4.78 is 0. The fraction of sp³-hybridized carbons (Fsp3) is 0.600. The highest BCUT2D eigenvalue weighted by Gasteiger charge is 2.40. The predicted molar refractivity (Wildman–Crippen MR) is 103 cm³/mol. The van der Waals surface area contributed by atoms with Crippen LogP contribution in [0.15, 0.2) is 29.2 Å². The van der Waals surface area contributed by atoms with Crippen molar-refractivity contribution in [1.82, 2.24) is 5.32 Å². The number of benzene rings is 1. The van der Waals surface area contributed by atoms with Gasteiger partial charge in [-0.3, -0.25) is 9.59 Å². The summed E-state index contributed by atoms with van der Waals surface area (Å²) in [5, 5.41) is 6.68. The molecule has 1 aromatic carbocycles. The van der Waals surface area contributed by atoms with Crippen LogP contribution in [0, 0.1) is 0 Å². The van der Waals surface area contributed by atoms with Crippen molar-refractivity contribution < 1.29 is 9.59 Å². The maximum absolute atomic E-state index is 12.9. The van der Waals surface area contributed by atoms with Crippen molar-refractivity contribution in [2.75, 3.05) is 5.32 Å². The summed E-state index contributed by atoms with van der Waals surface area (Å²) in [6.45, 7) is 1.48. The van der Waals surface area contributed by atoms with Crippen molar-refractivity contribution in [3.63, 3.8) is 0 Å². The van der Waals surface area contributed by atoms with Gasteiger partial charge in [-0.25, -0.2) is 0 Å². The zero-order chi connectivity index (χ0) is 17.7. The fourth-order valence-corrected chi connectivity index (χ4v) is 5.21. The summed E-state index contributed by atoms with van der Waals surface area (Å²) in [4.78, 5) is 25.7. The molecule has 136 valence electrons. The Hall–Kier alpha value is -1.49. The Balaban J connectivity index is 1.63. The summed E-state index contributed by atoms with van der Waals surface area (Å²) in [7, 11) is 0. The van der Waals surface area contributed by atoms with E-state index in [1.807, 2.05) is 23.9 Å². The van der Waals surface area contributed by atoms with Crippen LogP contribution in [0.5, 0.6) is 0 Å². The number of carbonyl (C=O) groups excluding carboxylic acids is 2. The van der Waals surface area contributed by atoms with Gasteiger partial charge in [-0.05, 0) is 49.9 Å². The van der Waals surface area contributed by atoms with Crippen molar-refractivity contribution in [2.24, 2.45) is 0 Å². The Morgan fingerprint density at radius 3 is 2.24 bits per heavy atom. The van der Waals surface area contributed by atoms with E-state index in [9.17, 15) is 9.59 Å². The van der Waals surface area contributed by atoms with Crippen molar-refractivity contribution in [3.8, 4) is 0 Å². The van der Waals surface area contributed by atoms with E-state index >= 15 is 0 Å². The third-order valence-electron chi connectivity index (χ3n) is 5.27. The number of hydrogen-bond acceptors (Lipinski definition) is 3. The predicted octanol–water partition coefficient (Wildman–Crippen LogP) is 4.50. The first-order chi connectivity index (χ1) is 12.1. The Morgan fingerprint density at radius 1 is 1.00 bits per heavy atom. The van der Waals surface area contributed by atoms with Gasteiger partial charge in [-0.15, -0.1) is 11.8 Å². The van der Waals surface area contributed by atoms with Gasteiger partial charge in [0.25, 0.3) is 0 Å². The van der Waals surface area contributed by atoms with Crippen molar-refractivity contribution in [2.45, 2.75) is 80.4 Å². The molecule has 0 bridgehead atoms. The molecule has 0 saturated heterocycles. The van der Waals surface area contributed by atoms with Crippen LogP contribution in [-0.4, -0.2) is 22.6 Å². The molecule has 4 nitrogen and oxygen atoms in total. The molecule has 2 aliphatic rings. The van der Waals surface area contributed by atoms with Gasteiger partial charge in [-0.2, -0.15) is 0 Å². The molecule has 0 aliphatic heterocycles. The SMILES string of the molecule is CC(=O)NC1(C(=O)Nc2ccc(SC3CCCC3)cc2)CCCCC1. The largest absolute Gasteiger partial charge is 0.342 e. The Labute approximate surface area is 154 Å². The highest BCUT2D eigenvalue weighted by Crippen LogP contribution is 2.35. The molecule has 0 aromatic heterocycles. The molecule has 2 N–H and O–H groups in total. The minimum absolute atomic E-state index is 0.0846. The molecule has 5 heteroatoms. The van der Waals surface area contributed by atoms with E-state index in [1.165, 1.54) is 37.5 Å². The van der Waals surface area contributed by atoms with Crippen LogP contribution < -0.4 is 10.6 Å². The van der Waals surface area contributed by atoms with E-state index < -0.39 is 5.54 Å². The quantitative estimate of drug-likeness (QED) is 0.813. The lowest BCUT2D eigenvalue weighted by Crippen LogP contribution is -2.57. The third-order valence-corrected chi connectivity index (χ3v) is 6.62. The van der Waals surface area contributed by atoms with Gasteiger partial charge in [-0.1, -0.05) is 32.1 Å². The smallest absolute Gasteiger partial charge is 0.250 e. The second-order valence-electron chi connectivity index (χ2n) is 7.33. The summed E-state index contributed by atoms with van der Waals surface area (Å²) >= 11 is 1.94. The maximum atomic E-state index is 12.9. The summed E-state index contributed by atoms with van der Waals surface area (Å²) in [6, 6.07) is 8.12. The van der Waals surface area contributed by atoms with Crippen LogP contribution in [-0.2, 0) is 9.59 Å². The minimum atomic E-state index is -0.749. The van der Waals surface area contributed by atoms with Crippen LogP contribution in [0.25, 0.3) is 0 Å². The van der Waals surface area contributed by atoms with Gasteiger partial charge in [0.1, 0.15) is 5.54 Å². The number of rotatable bonds is 5. The zero-order valence-corrected chi connectivity index (χ0v) is 15.8. The number of anilines is 1. The van der Waals surface area contributed by atoms with E-state index in [2.05, 4.69) is 22.8 Å².